The van der Waals surface area contributed by atoms with Crippen molar-refractivity contribution in [2.75, 3.05) is 5.32 Å². The zero-order valence-corrected chi connectivity index (χ0v) is 13.3. The minimum Gasteiger partial charge on any atom is -0.478 e. The summed E-state index contributed by atoms with van der Waals surface area (Å²) in [6.07, 6.45) is 0. The van der Waals surface area contributed by atoms with Crippen molar-refractivity contribution in [1.29, 1.82) is 0 Å². The van der Waals surface area contributed by atoms with Crippen molar-refractivity contribution in [3.05, 3.63) is 62.6 Å². The van der Waals surface area contributed by atoms with Gasteiger partial charge in [-0.15, -0.1) is 0 Å². The van der Waals surface area contributed by atoms with Gasteiger partial charge < -0.3 is 10.4 Å². The molecule has 0 aliphatic heterocycles. The molecule has 108 valence electrons. The van der Waals surface area contributed by atoms with Gasteiger partial charge in [0.05, 0.1) is 21.8 Å². The first-order chi connectivity index (χ1) is 9.88. The molecule has 0 unspecified atom stereocenters. The van der Waals surface area contributed by atoms with E-state index in [0.717, 1.165) is 5.56 Å². The molecule has 2 aromatic carbocycles. The molecule has 2 N–H and O–H groups in total. The lowest BCUT2D eigenvalue weighted by molar-refractivity contribution is 0.0698. The standard InChI is InChI=1S/C15H11BrClNO3/c1-8-2-5-13(11(6-8)15(20)21)18-14(19)10-7-9(16)3-4-12(10)17/h2-7H,1H3,(H,18,19)(H,20,21). The predicted molar refractivity (Wildman–Crippen MR) is 85.2 cm³/mol. The smallest absolute Gasteiger partial charge is 0.337 e. The summed E-state index contributed by atoms with van der Waals surface area (Å²) in [6, 6.07) is 9.67. The van der Waals surface area contributed by atoms with E-state index in [1.165, 1.54) is 6.07 Å². The lowest BCUT2D eigenvalue weighted by atomic mass is 10.1. The van der Waals surface area contributed by atoms with Crippen LogP contribution in [0.1, 0.15) is 26.3 Å². The number of carboxylic acid groups (broad SMARTS) is 1. The SMILES string of the molecule is Cc1ccc(NC(=O)c2cc(Br)ccc2Cl)c(C(=O)O)c1. The van der Waals surface area contributed by atoms with Crippen LogP contribution in [0, 0.1) is 6.92 Å². The minimum atomic E-state index is -1.10. The number of carbonyl (C=O) groups excluding carboxylic acids is 1. The number of halogens is 2. The maximum Gasteiger partial charge on any atom is 0.337 e. The van der Waals surface area contributed by atoms with Crippen molar-refractivity contribution < 1.29 is 14.7 Å². The average Bonchev–Trinajstić information content (AvgIpc) is 2.43. The molecule has 0 radical (unpaired) electrons. The molecule has 0 bridgehead atoms. The van der Waals surface area contributed by atoms with Crippen LogP contribution in [-0.4, -0.2) is 17.0 Å². The number of aryl methyl sites for hydroxylation is 1. The fourth-order valence-corrected chi connectivity index (χ4v) is 2.37. The Hall–Kier alpha value is -1.85. The molecule has 0 saturated heterocycles. The van der Waals surface area contributed by atoms with Gasteiger partial charge in [-0.2, -0.15) is 0 Å². The Morgan fingerprint density at radius 2 is 1.86 bits per heavy atom. The second-order valence-corrected chi connectivity index (χ2v) is 5.76. The second-order valence-electron chi connectivity index (χ2n) is 4.43. The first kappa shape index (κ1) is 15.5. The Balaban J connectivity index is 2.36. The normalized spacial score (nSPS) is 10.2. The molecule has 0 aromatic heterocycles. The van der Waals surface area contributed by atoms with Crippen LogP contribution in [0.4, 0.5) is 5.69 Å². The fourth-order valence-electron chi connectivity index (χ4n) is 1.81. The van der Waals surface area contributed by atoms with Crippen molar-refractivity contribution in [3.8, 4) is 0 Å². The van der Waals surface area contributed by atoms with Crippen LogP contribution in [0.15, 0.2) is 40.9 Å². The molecule has 21 heavy (non-hydrogen) atoms. The Bertz CT molecular complexity index is 731. The van der Waals surface area contributed by atoms with Crippen molar-refractivity contribution in [1.82, 2.24) is 0 Å². The topological polar surface area (TPSA) is 66.4 Å². The Morgan fingerprint density at radius 3 is 2.52 bits per heavy atom. The van der Waals surface area contributed by atoms with E-state index in [2.05, 4.69) is 21.2 Å². The molecule has 1 amide bonds. The lowest BCUT2D eigenvalue weighted by Gasteiger charge is -2.10. The summed E-state index contributed by atoms with van der Waals surface area (Å²) in [7, 11) is 0. The van der Waals surface area contributed by atoms with Gasteiger partial charge in [0.25, 0.3) is 5.91 Å². The summed E-state index contributed by atoms with van der Waals surface area (Å²) in [5.41, 5.74) is 1.33. The molecule has 0 saturated carbocycles. The molecule has 4 nitrogen and oxygen atoms in total. The third-order valence-corrected chi connectivity index (χ3v) is 3.65. The van der Waals surface area contributed by atoms with Crippen molar-refractivity contribution in [3.63, 3.8) is 0 Å². The quantitative estimate of drug-likeness (QED) is 0.846. The number of anilines is 1. The largest absolute Gasteiger partial charge is 0.478 e. The van der Waals surface area contributed by atoms with E-state index in [-0.39, 0.29) is 16.8 Å². The number of carbonyl (C=O) groups is 2. The van der Waals surface area contributed by atoms with E-state index >= 15 is 0 Å². The molecule has 0 heterocycles. The van der Waals surface area contributed by atoms with Gasteiger partial charge in [-0.1, -0.05) is 39.2 Å². The summed E-state index contributed by atoms with van der Waals surface area (Å²) in [5, 5.41) is 12.1. The minimum absolute atomic E-state index is 0.0365. The zero-order valence-electron chi connectivity index (χ0n) is 11.0. The van der Waals surface area contributed by atoms with Gasteiger partial charge in [-0.25, -0.2) is 4.79 Å². The van der Waals surface area contributed by atoms with Gasteiger partial charge in [0.1, 0.15) is 0 Å². The monoisotopic (exact) mass is 367 g/mol. The number of aromatic carboxylic acids is 1. The van der Waals surface area contributed by atoms with E-state index in [9.17, 15) is 14.7 Å². The zero-order chi connectivity index (χ0) is 15.6. The Labute approximate surface area is 134 Å². The molecular weight excluding hydrogens is 358 g/mol. The van der Waals surface area contributed by atoms with Crippen LogP contribution >= 0.6 is 27.5 Å². The van der Waals surface area contributed by atoms with E-state index in [0.29, 0.717) is 9.50 Å². The number of carboxylic acids is 1. The highest BCUT2D eigenvalue weighted by Gasteiger charge is 2.16. The molecule has 0 fully saturated rings. The molecule has 0 aliphatic rings. The predicted octanol–water partition coefficient (Wildman–Crippen LogP) is 4.36. The maximum atomic E-state index is 12.2. The Kier molecular flexibility index (Phi) is 4.65. The van der Waals surface area contributed by atoms with Crippen molar-refractivity contribution >= 4 is 45.1 Å². The van der Waals surface area contributed by atoms with Crippen LogP contribution < -0.4 is 5.32 Å². The van der Waals surface area contributed by atoms with E-state index < -0.39 is 11.9 Å². The van der Waals surface area contributed by atoms with Crippen molar-refractivity contribution in [2.45, 2.75) is 6.92 Å². The summed E-state index contributed by atoms with van der Waals surface area (Å²) >= 11 is 9.25. The van der Waals surface area contributed by atoms with Crippen LogP contribution in [0.5, 0.6) is 0 Å². The average molecular weight is 369 g/mol. The molecule has 2 rings (SSSR count). The molecule has 0 atom stereocenters. The third kappa shape index (κ3) is 3.62. The van der Waals surface area contributed by atoms with Crippen LogP contribution in [0.25, 0.3) is 0 Å². The highest BCUT2D eigenvalue weighted by Crippen LogP contribution is 2.23. The third-order valence-electron chi connectivity index (χ3n) is 2.83. The summed E-state index contributed by atoms with van der Waals surface area (Å²) in [5.74, 6) is -1.57. The summed E-state index contributed by atoms with van der Waals surface area (Å²) in [4.78, 5) is 23.5. The lowest BCUT2D eigenvalue weighted by Crippen LogP contribution is -2.15. The molecule has 6 heteroatoms. The second kappa shape index (κ2) is 6.28. The van der Waals surface area contributed by atoms with Gasteiger partial charge >= 0.3 is 5.97 Å². The number of hydrogen-bond acceptors (Lipinski definition) is 2. The summed E-state index contributed by atoms with van der Waals surface area (Å²) in [6.45, 7) is 1.78. The first-order valence-electron chi connectivity index (χ1n) is 5.99. The maximum absolute atomic E-state index is 12.2. The number of benzene rings is 2. The highest BCUT2D eigenvalue weighted by atomic mass is 79.9. The van der Waals surface area contributed by atoms with E-state index in [1.807, 2.05) is 0 Å². The van der Waals surface area contributed by atoms with E-state index in [1.54, 1.807) is 37.3 Å². The van der Waals surface area contributed by atoms with Gasteiger partial charge in [-0.05, 0) is 37.3 Å². The van der Waals surface area contributed by atoms with Crippen LogP contribution in [0.2, 0.25) is 5.02 Å². The van der Waals surface area contributed by atoms with Crippen LogP contribution in [-0.2, 0) is 0 Å². The fraction of sp³-hybridized carbons (Fsp3) is 0.0667. The van der Waals surface area contributed by atoms with Gasteiger partial charge in [0, 0.05) is 4.47 Å². The van der Waals surface area contributed by atoms with Gasteiger partial charge in [0.2, 0.25) is 0 Å². The number of nitrogens with one attached hydrogen (secondary N) is 1. The first-order valence-corrected chi connectivity index (χ1v) is 7.16. The molecular formula is C15H11BrClNO3. The number of hydrogen-bond donors (Lipinski definition) is 2. The highest BCUT2D eigenvalue weighted by molar-refractivity contribution is 9.10. The number of rotatable bonds is 3. The summed E-state index contributed by atoms with van der Waals surface area (Å²) < 4.78 is 0.708. The van der Waals surface area contributed by atoms with Gasteiger partial charge in [0.15, 0.2) is 0 Å². The molecule has 2 aromatic rings. The van der Waals surface area contributed by atoms with E-state index in [4.69, 9.17) is 11.6 Å². The number of amides is 1. The van der Waals surface area contributed by atoms with Crippen LogP contribution in [0.3, 0.4) is 0 Å². The Morgan fingerprint density at radius 1 is 1.14 bits per heavy atom. The van der Waals surface area contributed by atoms with Crippen molar-refractivity contribution in [2.24, 2.45) is 0 Å². The van der Waals surface area contributed by atoms with Gasteiger partial charge in [-0.3, -0.25) is 4.79 Å². The molecule has 0 aliphatic carbocycles. The molecule has 0 spiro atoms.